The zero-order chi connectivity index (χ0) is 14.3. The summed E-state index contributed by atoms with van der Waals surface area (Å²) < 4.78 is 13.9. The van der Waals surface area contributed by atoms with Crippen molar-refractivity contribution in [3.63, 3.8) is 0 Å². The van der Waals surface area contributed by atoms with Crippen molar-refractivity contribution in [2.24, 2.45) is 5.73 Å². The number of β-lactam (4-membered cyclic amide) rings is 1. The van der Waals surface area contributed by atoms with Crippen LogP contribution in [-0.2, 0) is 4.79 Å². The second-order valence-corrected chi connectivity index (χ2v) is 5.04. The number of anilines is 1. The van der Waals surface area contributed by atoms with Gasteiger partial charge in [0.1, 0.15) is 11.9 Å². The van der Waals surface area contributed by atoms with Gasteiger partial charge >= 0.3 is 0 Å². The average molecular weight is 270 g/mol. The van der Waals surface area contributed by atoms with Gasteiger partial charge in [-0.3, -0.25) is 4.79 Å². The molecule has 2 aromatic carbocycles. The van der Waals surface area contributed by atoms with Gasteiger partial charge in [0.05, 0.1) is 6.04 Å². The van der Waals surface area contributed by atoms with Crippen LogP contribution in [0, 0.1) is 12.7 Å². The second kappa shape index (κ2) is 4.72. The molecule has 0 bridgehead atoms. The van der Waals surface area contributed by atoms with Crippen LogP contribution in [-0.4, -0.2) is 11.9 Å². The topological polar surface area (TPSA) is 46.3 Å². The predicted molar refractivity (Wildman–Crippen MR) is 75.8 cm³/mol. The first-order valence-corrected chi connectivity index (χ1v) is 6.49. The molecule has 1 fully saturated rings. The Morgan fingerprint density at radius 2 is 1.75 bits per heavy atom. The SMILES string of the molecule is Cc1ccc(N2C(=O)[C@@H](N)[C@@H]2c2ccccc2F)cc1. The third-order valence-corrected chi connectivity index (χ3v) is 3.68. The third kappa shape index (κ3) is 1.89. The highest BCUT2D eigenvalue weighted by molar-refractivity contribution is 6.05. The van der Waals surface area contributed by atoms with Crippen molar-refractivity contribution in [2.75, 3.05) is 4.90 Å². The van der Waals surface area contributed by atoms with Gasteiger partial charge in [-0.05, 0) is 25.1 Å². The van der Waals surface area contributed by atoms with Gasteiger partial charge < -0.3 is 10.6 Å². The molecule has 0 aromatic heterocycles. The van der Waals surface area contributed by atoms with Crippen LogP contribution in [0.15, 0.2) is 48.5 Å². The maximum Gasteiger partial charge on any atom is 0.247 e. The van der Waals surface area contributed by atoms with E-state index in [2.05, 4.69) is 0 Å². The first kappa shape index (κ1) is 12.8. The van der Waals surface area contributed by atoms with E-state index in [0.717, 1.165) is 11.3 Å². The van der Waals surface area contributed by atoms with E-state index in [-0.39, 0.29) is 11.7 Å². The van der Waals surface area contributed by atoms with Crippen LogP contribution in [0.25, 0.3) is 0 Å². The number of nitrogens with zero attached hydrogens (tertiary/aromatic N) is 1. The Bertz CT molecular complexity index is 654. The van der Waals surface area contributed by atoms with Crippen molar-refractivity contribution in [3.05, 3.63) is 65.5 Å². The molecule has 2 N–H and O–H groups in total. The zero-order valence-corrected chi connectivity index (χ0v) is 11.1. The highest BCUT2D eigenvalue weighted by Gasteiger charge is 2.47. The van der Waals surface area contributed by atoms with E-state index >= 15 is 0 Å². The summed E-state index contributed by atoms with van der Waals surface area (Å²) in [6.07, 6.45) is 0. The molecule has 0 unspecified atom stereocenters. The van der Waals surface area contributed by atoms with Crippen LogP contribution in [0.1, 0.15) is 17.2 Å². The molecule has 0 spiro atoms. The van der Waals surface area contributed by atoms with E-state index in [1.165, 1.54) is 6.07 Å². The quantitative estimate of drug-likeness (QED) is 0.852. The van der Waals surface area contributed by atoms with Crippen LogP contribution in [0.3, 0.4) is 0 Å². The molecule has 2 aromatic rings. The molecule has 3 nitrogen and oxygen atoms in total. The van der Waals surface area contributed by atoms with Gasteiger partial charge in [0.15, 0.2) is 0 Å². The number of nitrogens with two attached hydrogens (primary N) is 1. The number of hydrogen-bond acceptors (Lipinski definition) is 2. The van der Waals surface area contributed by atoms with E-state index in [4.69, 9.17) is 5.73 Å². The van der Waals surface area contributed by atoms with Gasteiger partial charge in [0.2, 0.25) is 5.91 Å². The van der Waals surface area contributed by atoms with E-state index in [1.807, 2.05) is 31.2 Å². The highest BCUT2D eigenvalue weighted by Crippen LogP contribution is 2.38. The van der Waals surface area contributed by atoms with Crippen molar-refractivity contribution >= 4 is 11.6 Å². The summed E-state index contributed by atoms with van der Waals surface area (Å²) in [6.45, 7) is 1.97. The first-order chi connectivity index (χ1) is 9.59. The minimum absolute atomic E-state index is 0.179. The summed E-state index contributed by atoms with van der Waals surface area (Å²) >= 11 is 0. The van der Waals surface area contributed by atoms with Crippen molar-refractivity contribution in [3.8, 4) is 0 Å². The average Bonchev–Trinajstić information content (AvgIpc) is 2.46. The fraction of sp³-hybridized carbons (Fsp3) is 0.188. The van der Waals surface area contributed by atoms with E-state index in [1.54, 1.807) is 23.1 Å². The Kier molecular flexibility index (Phi) is 3.03. The van der Waals surface area contributed by atoms with Crippen LogP contribution < -0.4 is 10.6 Å². The lowest BCUT2D eigenvalue weighted by molar-refractivity contribution is -0.126. The Morgan fingerprint density at radius 3 is 2.40 bits per heavy atom. The van der Waals surface area contributed by atoms with Gasteiger partial charge in [-0.2, -0.15) is 0 Å². The van der Waals surface area contributed by atoms with Crippen LogP contribution in [0.5, 0.6) is 0 Å². The Hall–Kier alpha value is -2.20. The maximum absolute atomic E-state index is 13.9. The van der Waals surface area contributed by atoms with Crippen LogP contribution in [0.2, 0.25) is 0 Å². The minimum Gasteiger partial charge on any atom is -0.318 e. The number of halogens is 1. The first-order valence-electron chi connectivity index (χ1n) is 6.49. The Labute approximate surface area is 116 Å². The van der Waals surface area contributed by atoms with E-state index in [9.17, 15) is 9.18 Å². The number of benzene rings is 2. The zero-order valence-electron chi connectivity index (χ0n) is 11.1. The minimum atomic E-state index is -0.687. The van der Waals surface area contributed by atoms with Crippen LogP contribution >= 0.6 is 0 Å². The molecule has 2 atom stereocenters. The summed E-state index contributed by atoms with van der Waals surface area (Å²) in [7, 11) is 0. The fourth-order valence-corrected chi connectivity index (χ4v) is 2.55. The molecular weight excluding hydrogens is 255 g/mol. The number of aryl methyl sites for hydroxylation is 1. The van der Waals surface area contributed by atoms with Gasteiger partial charge in [-0.15, -0.1) is 0 Å². The Balaban J connectivity index is 2.00. The molecule has 1 amide bonds. The summed E-state index contributed by atoms with van der Waals surface area (Å²) in [5.41, 5.74) is 8.18. The molecule has 20 heavy (non-hydrogen) atoms. The van der Waals surface area contributed by atoms with Crippen molar-refractivity contribution in [1.82, 2.24) is 0 Å². The van der Waals surface area contributed by atoms with E-state index in [0.29, 0.717) is 5.56 Å². The summed E-state index contributed by atoms with van der Waals surface area (Å²) in [4.78, 5) is 13.6. The van der Waals surface area contributed by atoms with Gasteiger partial charge in [0, 0.05) is 11.3 Å². The smallest absolute Gasteiger partial charge is 0.247 e. The lowest BCUT2D eigenvalue weighted by Crippen LogP contribution is -2.63. The number of carbonyl (C=O) groups is 1. The molecule has 0 saturated carbocycles. The van der Waals surface area contributed by atoms with Gasteiger partial charge in [-0.1, -0.05) is 35.9 Å². The largest absolute Gasteiger partial charge is 0.318 e. The normalized spacial score (nSPS) is 21.8. The second-order valence-electron chi connectivity index (χ2n) is 5.04. The van der Waals surface area contributed by atoms with Gasteiger partial charge in [0.25, 0.3) is 0 Å². The molecule has 0 aliphatic carbocycles. The highest BCUT2D eigenvalue weighted by atomic mass is 19.1. The predicted octanol–water partition coefficient (Wildman–Crippen LogP) is 2.55. The molecule has 0 radical (unpaired) electrons. The van der Waals surface area contributed by atoms with E-state index < -0.39 is 12.1 Å². The monoisotopic (exact) mass is 270 g/mol. The molecule has 3 rings (SSSR count). The lowest BCUT2D eigenvalue weighted by Gasteiger charge is -2.45. The number of amides is 1. The Morgan fingerprint density at radius 1 is 1.10 bits per heavy atom. The molecule has 1 heterocycles. The van der Waals surface area contributed by atoms with Crippen molar-refractivity contribution in [2.45, 2.75) is 19.0 Å². The number of hydrogen-bond donors (Lipinski definition) is 1. The van der Waals surface area contributed by atoms with Crippen molar-refractivity contribution in [1.29, 1.82) is 0 Å². The summed E-state index contributed by atoms with van der Waals surface area (Å²) in [6, 6.07) is 12.9. The summed E-state index contributed by atoms with van der Waals surface area (Å²) in [5, 5.41) is 0. The number of rotatable bonds is 2. The maximum atomic E-state index is 13.9. The van der Waals surface area contributed by atoms with Crippen LogP contribution in [0.4, 0.5) is 10.1 Å². The van der Waals surface area contributed by atoms with Crippen molar-refractivity contribution < 1.29 is 9.18 Å². The molecular formula is C16H15FN2O. The molecule has 1 aliphatic rings. The molecule has 1 saturated heterocycles. The third-order valence-electron chi connectivity index (χ3n) is 3.68. The standard InChI is InChI=1S/C16H15FN2O/c1-10-6-8-11(9-7-10)19-15(14(18)16(19)20)12-4-2-3-5-13(12)17/h2-9,14-15H,18H2,1H3/t14-,15-/m0/s1. The fourth-order valence-electron chi connectivity index (χ4n) is 2.55. The molecule has 1 aliphatic heterocycles. The lowest BCUT2D eigenvalue weighted by atomic mass is 9.88. The molecule has 4 heteroatoms. The molecule has 102 valence electrons. The number of carbonyl (C=O) groups excluding carboxylic acids is 1. The summed E-state index contributed by atoms with van der Waals surface area (Å²) in [5.74, 6) is -0.514. The van der Waals surface area contributed by atoms with Gasteiger partial charge in [-0.25, -0.2) is 4.39 Å².